The van der Waals surface area contributed by atoms with Gasteiger partial charge in [-0.25, -0.2) is 0 Å². The van der Waals surface area contributed by atoms with E-state index in [1.165, 1.54) is 4.88 Å². The molecule has 0 saturated heterocycles. The van der Waals surface area contributed by atoms with Crippen molar-refractivity contribution in [2.45, 2.75) is 19.5 Å². The van der Waals surface area contributed by atoms with E-state index in [4.69, 9.17) is 9.47 Å². The van der Waals surface area contributed by atoms with Gasteiger partial charge < -0.3 is 14.8 Å². The largest absolute Gasteiger partial charge is 0.490 e. The van der Waals surface area contributed by atoms with E-state index in [9.17, 15) is 0 Å². The lowest BCUT2D eigenvalue weighted by molar-refractivity contribution is 0.296. The van der Waals surface area contributed by atoms with Crippen molar-refractivity contribution in [2.75, 3.05) is 13.2 Å². The second-order valence-corrected chi connectivity index (χ2v) is 5.51. The van der Waals surface area contributed by atoms with Crippen molar-refractivity contribution >= 4 is 11.3 Å². The molecule has 0 unspecified atom stereocenters. The Morgan fingerprint density at radius 2 is 2.00 bits per heavy atom. The number of thiophene rings is 1. The normalized spacial score (nSPS) is 14.1. The number of hydrogen-bond donors (Lipinski definition) is 1. The summed E-state index contributed by atoms with van der Waals surface area (Å²) in [5.41, 5.74) is 1.16. The molecule has 19 heavy (non-hydrogen) atoms. The van der Waals surface area contributed by atoms with Gasteiger partial charge in [-0.1, -0.05) is 18.2 Å². The van der Waals surface area contributed by atoms with E-state index in [1.807, 2.05) is 12.1 Å². The Labute approximate surface area is 117 Å². The SMILES string of the molecule is c1csc(CNCc2cccc3c2OCCCO3)c1. The molecule has 1 aromatic heterocycles. The molecule has 1 aliphatic heterocycles. The number of para-hydroxylation sites is 1. The molecule has 3 rings (SSSR count). The number of benzene rings is 1. The van der Waals surface area contributed by atoms with Crippen LogP contribution in [0.4, 0.5) is 0 Å². The highest BCUT2D eigenvalue weighted by Gasteiger charge is 2.13. The Morgan fingerprint density at radius 1 is 1.05 bits per heavy atom. The van der Waals surface area contributed by atoms with Crippen LogP contribution in [0.1, 0.15) is 16.9 Å². The minimum atomic E-state index is 0.731. The van der Waals surface area contributed by atoms with E-state index in [1.54, 1.807) is 11.3 Å². The van der Waals surface area contributed by atoms with Crippen molar-refractivity contribution in [3.05, 3.63) is 46.2 Å². The average Bonchev–Trinajstić information content (AvgIpc) is 2.82. The molecule has 0 amide bonds. The average molecular weight is 275 g/mol. The number of fused-ring (bicyclic) bond motifs is 1. The monoisotopic (exact) mass is 275 g/mol. The van der Waals surface area contributed by atoms with Gasteiger partial charge >= 0.3 is 0 Å². The second-order valence-electron chi connectivity index (χ2n) is 4.48. The fraction of sp³-hybridized carbons (Fsp3) is 0.333. The van der Waals surface area contributed by atoms with E-state index < -0.39 is 0 Å². The maximum absolute atomic E-state index is 5.80. The number of ether oxygens (including phenoxy) is 2. The van der Waals surface area contributed by atoms with Gasteiger partial charge in [0.05, 0.1) is 13.2 Å². The first-order valence-corrected chi connectivity index (χ1v) is 7.42. The van der Waals surface area contributed by atoms with Crippen LogP contribution in [0.15, 0.2) is 35.7 Å². The summed E-state index contributed by atoms with van der Waals surface area (Å²) >= 11 is 1.77. The van der Waals surface area contributed by atoms with Gasteiger partial charge in [0.1, 0.15) is 0 Å². The van der Waals surface area contributed by atoms with E-state index in [0.717, 1.165) is 49.8 Å². The number of hydrogen-bond acceptors (Lipinski definition) is 4. The van der Waals surface area contributed by atoms with Gasteiger partial charge in [0.15, 0.2) is 11.5 Å². The predicted octanol–water partition coefficient (Wildman–Crippen LogP) is 3.20. The predicted molar refractivity (Wildman–Crippen MR) is 76.9 cm³/mol. The lowest BCUT2D eigenvalue weighted by Gasteiger charge is -2.12. The smallest absolute Gasteiger partial charge is 0.165 e. The quantitative estimate of drug-likeness (QED) is 0.929. The molecule has 1 aliphatic rings. The third-order valence-corrected chi connectivity index (χ3v) is 3.92. The van der Waals surface area contributed by atoms with Crippen LogP contribution in [0.3, 0.4) is 0 Å². The van der Waals surface area contributed by atoms with Gasteiger partial charge in [0, 0.05) is 30.0 Å². The summed E-state index contributed by atoms with van der Waals surface area (Å²) in [7, 11) is 0. The fourth-order valence-corrected chi connectivity index (χ4v) is 2.80. The zero-order chi connectivity index (χ0) is 12.9. The van der Waals surface area contributed by atoms with Gasteiger partial charge in [-0.15, -0.1) is 11.3 Å². The second kappa shape index (κ2) is 6.08. The zero-order valence-electron chi connectivity index (χ0n) is 10.7. The Hall–Kier alpha value is -1.52. The summed E-state index contributed by atoms with van der Waals surface area (Å²) in [6, 6.07) is 10.3. The van der Waals surface area contributed by atoms with Gasteiger partial charge in [-0.2, -0.15) is 0 Å². The minimum Gasteiger partial charge on any atom is -0.490 e. The Kier molecular flexibility index (Phi) is 4.01. The summed E-state index contributed by atoms with van der Waals surface area (Å²) in [6.07, 6.45) is 0.941. The molecule has 4 heteroatoms. The summed E-state index contributed by atoms with van der Waals surface area (Å²) in [6.45, 7) is 3.15. The van der Waals surface area contributed by atoms with E-state index in [-0.39, 0.29) is 0 Å². The highest BCUT2D eigenvalue weighted by Crippen LogP contribution is 2.33. The molecular weight excluding hydrogens is 258 g/mol. The van der Waals surface area contributed by atoms with Gasteiger partial charge in [0.25, 0.3) is 0 Å². The van der Waals surface area contributed by atoms with Crippen LogP contribution in [-0.4, -0.2) is 13.2 Å². The standard InChI is InChI=1S/C15H17NO2S/c1-4-12(10-16-11-13-5-2-9-19-13)15-14(6-1)17-7-3-8-18-15/h1-2,4-6,9,16H,3,7-8,10-11H2. The summed E-state index contributed by atoms with van der Waals surface area (Å²) in [5, 5.41) is 5.55. The molecule has 100 valence electrons. The van der Waals surface area contributed by atoms with Crippen molar-refractivity contribution < 1.29 is 9.47 Å². The topological polar surface area (TPSA) is 30.5 Å². The summed E-state index contributed by atoms with van der Waals surface area (Å²) in [4.78, 5) is 1.35. The van der Waals surface area contributed by atoms with Crippen LogP contribution >= 0.6 is 11.3 Å². The third-order valence-electron chi connectivity index (χ3n) is 3.05. The minimum absolute atomic E-state index is 0.731. The van der Waals surface area contributed by atoms with Crippen LogP contribution in [0.5, 0.6) is 11.5 Å². The first-order chi connectivity index (χ1) is 9.43. The molecule has 3 nitrogen and oxygen atoms in total. The van der Waals surface area contributed by atoms with Crippen molar-refractivity contribution in [1.82, 2.24) is 5.32 Å². The molecule has 0 spiro atoms. The Bertz CT molecular complexity index is 525. The lowest BCUT2D eigenvalue weighted by Crippen LogP contribution is -2.13. The van der Waals surface area contributed by atoms with Gasteiger partial charge in [0.2, 0.25) is 0 Å². The first-order valence-electron chi connectivity index (χ1n) is 6.54. The van der Waals surface area contributed by atoms with Crippen LogP contribution in [0, 0.1) is 0 Å². The number of rotatable bonds is 4. The van der Waals surface area contributed by atoms with E-state index >= 15 is 0 Å². The van der Waals surface area contributed by atoms with Crippen LogP contribution in [0.2, 0.25) is 0 Å². The molecule has 0 bridgehead atoms. The molecule has 0 fully saturated rings. The molecule has 1 N–H and O–H groups in total. The van der Waals surface area contributed by atoms with Crippen LogP contribution in [-0.2, 0) is 13.1 Å². The van der Waals surface area contributed by atoms with Crippen molar-refractivity contribution in [1.29, 1.82) is 0 Å². The van der Waals surface area contributed by atoms with E-state index in [0.29, 0.717) is 0 Å². The Morgan fingerprint density at radius 3 is 2.89 bits per heavy atom. The summed E-state index contributed by atoms with van der Waals surface area (Å²) < 4.78 is 11.5. The maximum atomic E-state index is 5.80. The molecule has 0 aliphatic carbocycles. The molecule has 2 heterocycles. The van der Waals surface area contributed by atoms with Crippen molar-refractivity contribution in [2.24, 2.45) is 0 Å². The third kappa shape index (κ3) is 3.08. The zero-order valence-corrected chi connectivity index (χ0v) is 11.5. The van der Waals surface area contributed by atoms with Gasteiger partial charge in [-0.05, 0) is 17.5 Å². The highest BCUT2D eigenvalue weighted by atomic mass is 32.1. The summed E-state index contributed by atoms with van der Waals surface area (Å²) in [5.74, 6) is 1.77. The van der Waals surface area contributed by atoms with E-state index in [2.05, 4.69) is 28.9 Å². The molecule has 2 aromatic rings. The maximum Gasteiger partial charge on any atom is 0.165 e. The van der Waals surface area contributed by atoms with Crippen molar-refractivity contribution in [3.63, 3.8) is 0 Å². The van der Waals surface area contributed by atoms with Crippen molar-refractivity contribution in [3.8, 4) is 11.5 Å². The molecule has 0 atom stereocenters. The molecule has 1 aromatic carbocycles. The lowest BCUT2D eigenvalue weighted by atomic mass is 10.2. The van der Waals surface area contributed by atoms with Gasteiger partial charge in [-0.3, -0.25) is 0 Å². The Balaban J connectivity index is 1.67. The molecule has 0 radical (unpaired) electrons. The fourth-order valence-electron chi connectivity index (χ4n) is 2.13. The first kappa shape index (κ1) is 12.5. The highest BCUT2D eigenvalue weighted by molar-refractivity contribution is 7.09. The molecular formula is C15H17NO2S. The van der Waals surface area contributed by atoms with Crippen LogP contribution < -0.4 is 14.8 Å². The molecule has 0 saturated carbocycles. The van der Waals surface area contributed by atoms with Crippen LogP contribution in [0.25, 0.3) is 0 Å². The number of nitrogens with one attached hydrogen (secondary N) is 1.